The van der Waals surface area contributed by atoms with E-state index >= 15 is 0 Å². The van der Waals surface area contributed by atoms with Gasteiger partial charge in [-0.25, -0.2) is 0 Å². The van der Waals surface area contributed by atoms with E-state index in [4.69, 9.17) is 4.42 Å². The smallest absolute Gasteiger partial charge is 0.289 e. The predicted octanol–water partition coefficient (Wildman–Crippen LogP) is 3.58. The number of amides is 1. The summed E-state index contributed by atoms with van der Waals surface area (Å²) in [7, 11) is 1.78. The third-order valence-corrected chi connectivity index (χ3v) is 3.73. The quantitative estimate of drug-likeness (QED) is 0.800. The molecule has 1 aromatic heterocycles. The molecule has 3 nitrogen and oxygen atoms in total. The number of rotatable bonds is 4. The SMILES string of the molecule is CSc1ccc(CN(C)C(=O)c2occc2C)cc1. The van der Waals surface area contributed by atoms with Crippen LogP contribution < -0.4 is 0 Å². The lowest BCUT2D eigenvalue weighted by Gasteiger charge is -2.16. The molecule has 0 radical (unpaired) electrons. The third kappa shape index (κ3) is 3.20. The van der Waals surface area contributed by atoms with Crippen molar-refractivity contribution in [1.29, 1.82) is 0 Å². The van der Waals surface area contributed by atoms with Crippen LogP contribution in [-0.4, -0.2) is 24.1 Å². The first-order valence-electron chi connectivity index (χ1n) is 6.04. The zero-order valence-corrected chi connectivity index (χ0v) is 12.2. The number of benzene rings is 1. The average Bonchev–Trinajstić information content (AvgIpc) is 2.85. The summed E-state index contributed by atoms with van der Waals surface area (Å²) in [5.41, 5.74) is 1.98. The van der Waals surface area contributed by atoms with E-state index in [1.54, 1.807) is 36.0 Å². The third-order valence-electron chi connectivity index (χ3n) is 2.98. The van der Waals surface area contributed by atoms with Crippen LogP contribution in [0.5, 0.6) is 0 Å². The van der Waals surface area contributed by atoms with E-state index in [1.165, 1.54) is 4.90 Å². The first-order chi connectivity index (χ1) is 9.11. The molecule has 0 aliphatic rings. The van der Waals surface area contributed by atoms with Gasteiger partial charge < -0.3 is 9.32 Å². The molecule has 2 aromatic rings. The number of carbonyl (C=O) groups is 1. The van der Waals surface area contributed by atoms with Crippen molar-refractivity contribution in [3.63, 3.8) is 0 Å². The lowest BCUT2D eigenvalue weighted by molar-refractivity contribution is 0.0752. The fourth-order valence-corrected chi connectivity index (χ4v) is 2.25. The molecule has 0 fully saturated rings. The molecule has 19 heavy (non-hydrogen) atoms. The van der Waals surface area contributed by atoms with Gasteiger partial charge in [0.2, 0.25) is 0 Å². The molecular formula is C15H17NO2S. The number of furan rings is 1. The summed E-state index contributed by atoms with van der Waals surface area (Å²) in [5.74, 6) is 0.333. The fraction of sp³-hybridized carbons (Fsp3) is 0.267. The monoisotopic (exact) mass is 275 g/mol. The highest BCUT2D eigenvalue weighted by molar-refractivity contribution is 7.98. The average molecular weight is 275 g/mol. The first-order valence-corrected chi connectivity index (χ1v) is 7.27. The molecule has 0 spiro atoms. The van der Waals surface area contributed by atoms with Gasteiger partial charge >= 0.3 is 0 Å². The summed E-state index contributed by atoms with van der Waals surface area (Å²) in [6, 6.07) is 10.0. The van der Waals surface area contributed by atoms with Gasteiger partial charge in [0.15, 0.2) is 5.76 Å². The lowest BCUT2D eigenvalue weighted by Crippen LogP contribution is -2.26. The Kier molecular flexibility index (Phi) is 4.32. The maximum absolute atomic E-state index is 12.2. The van der Waals surface area contributed by atoms with Gasteiger partial charge in [0.25, 0.3) is 5.91 Å². The van der Waals surface area contributed by atoms with Crippen molar-refractivity contribution in [1.82, 2.24) is 4.90 Å². The van der Waals surface area contributed by atoms with E-state index in [0.717, 1.165) is 11.1 Å². The summed E-state index contributed by atoms with van der Waals surface area (Å²) in [5, 5.41) is 0. The minimum absolute atomic E-state index is 0.0866. The Hall–Kier alpha value is -1.68. The second-order valence-electron chi connectivity index (χ2n) is 4.44. The van der Waals surface area contributed by atoms with Crippen molar-refractivity contribution in [2.45, 2.75) is 18.4 Å². The fourth-order valence-electron chi connectivity index (χ4n) is 1.84. The summed E-state index contributed by atoms with van der Waals surface area (Å²) in [6.45, 7) is 2.45. The molecule has 100 valence electrons. The zero-order chi connectivity index (χ0) is 13.8. The van der Waals surface area contributed by atoms with E-state index in [9.17, 15) is 4.79 Å². The van der Waals surface area contributed by atoms with E-state index in [-0.39, 0.29) is 5.91 Å². The van der Waals surface area contributed by atoms with E-state index < -0.39 is 0 Å². The molecule has 0 aliphatic heterocycles. The molecule has 0 atom stereocenters. The molecule has 0 bridgehead atoms. The van der Waals surface area contributed by atoms with Crippen molar-refractivity contribution in [2.75, 3.05) is 13.3 Å². The van der Waals surface area contributed by atoms with Crippen molar-refractivity contribution in [3.05, 3.63) is 53.5 Å². The highest BCUT2D eigenvalue weighted by Crippen LogP contribution is 2.17. The number of carbonyl (C=O) groups excluding carboxylic acids is 1. The van der Waals surface area contributed by atoms with E-state index in [0.29, 0.717) is 12.3 Å². The predicted molar refractivity (Wildman–Crippen MR) is 77.5 cm³/mol. The highest BCUT2D eigenvalue weighted by atomic mass is 32.2. The van der Waals surface area contributed by atoms with Crippen molar-refractivity contribution >= 4 is 17.7 Å². The molecule has 1 heterocycles. The molecule has 2 rings (SSSR count). The largest absolute Gasteiger partial charge is 0.459 e. The van der Waals surface area contributed by atoms with Crippen LogP contribution in [0.4, 0.5) is 0 Å². The minimum Gasteiger partial charge on any atom is -0.459 e. The Labute approximate surface area is 117 Å². The van der Waals surface area contributed by atoms with Gasteiger partial charge in [-0.1, -0.05) is 12.1 Å². The van der Waals surface area contributed by atoms with Crippen LogP contribution in [0.25, 0.3) is 0 Å². The van der Waals surface area contributed by atoms with Gasteiger partial charge in [0.1, 0.15) is 0 Å². The van der Waals surface area contributed by atoms with Crippen LogP contribution in [0.1, 0.15) is 21.7 Å². The van der Waals surface area contributed by atoms with Gasteiger partial charge in [0, 0.05) is 24.1 Å². The van der Waals surface area contributed by atoms with Crippen LogP contribution >= 0.6 is 11.8 Å². The van der Waals surface area contributed by atoms with Gasteiger partial charge in [-0.05, 0) is 36.9 Å². The lowest BCUT2D eigenvalue weighted by atomic mass is 10.2. The molecule has 0 saturated heterocycles. The molecule has 0 N–H and O–H groups in total. The van der Waals surface area contributed by atoms with Crippen molar-refractivity contribution in [3.8, 4) is 0 Å². The van der Waals surface area contributed by atoms with Crippen molar-refractivity contribution in [2.24, 2.45) is 0 Å². The molecule has 0 unspecified atom stereocenters. The standard InChI is InChI=1S/C15H17NO2S/c1-11-8-9-18-14(11)15(17)16(2)10-12-4-6-13(19-3)7-5-12/h4-9H,10H2,1-3H3. The zero-order valence-electron chi connectivity index (χ0n) is 11.3. The van der Waals surface area contributed by atoms with Crippen LogP contribution in [0.15, 0.2) is 45.9 Å². The van der Waals surface area contributed by atoms with E-state index in [2.05, 4.69) is 12.1 Å². The van der Waals surface area contributed by atoms with E-state index in [1.807, 2.05) is 25.3 Å². The Balaban J connectivity index is 2.06. The second-order valence-corrected chi connectivity index (χ2v) is 5.32. The highest BCUT2D eigenvalue weighted by Gasteiger charge is 2.17. The molecule has 1 aromatic carbocycles. The second kappa shape index (κ2) is 5.97. The Morgan fingerprint density at radius 3 is 2.47 bits per heavy atom. The number of thioether (sulfide) groups is 1. The molecule has 1 amide bonds. The van der Waals surface area contributed by atoms with Gasteiger partial charge in [-0.3, -0.25) is 4.79 Å². The Bertz CT molecular complexity index is 560. The molecule has 0 saturated carbocycles. The summed E-state index contributed by atoms with van der Waals surface area (Å²) < 4.78 is 5.23. The minimum atomic E-state index is -0.0866. The maximum Gasteiger partial charge on any atom is 0.289 e. The molecular weight excluding hydrogens is 258 g/mol. The number of aryl methyl sites for hydroxylation is 1. The van der Waals surface area contributed by atoms with Crippen LogP contribution in [0.2, 0.25) is 0 Å². The van der Waals surface area contributed by atoms with Crippen molar-refractivity contribution < 1.29 is 9.21 Å². The van der Waals surface area contributed by atoms with Gasteiger partial charge in [-0.15, -0.1) is 11.8 Å². The number of hydrogen-bond acceptors (Lipinski definition) is 3. The van der Waals surface area contributed by atoms with Gasteiger partial charge in [0.05, 0.1) is 6.26 Å². The summed E-state index contributed by atoms with van der Waals surface area (Å²) >= 11 is 1.71. The number of nitrogens with zero attached hydrogens (tertiary/aromatic N) is 1. The van der Waals surface area contributed by atoms with Gasteiger partial charge in [-0.2, -0.15) is 0 Å². The summed E-state index contributed by atoms with van der Waals surface area (Å²) in [6.07, 6.45) is 3.59. The Morgan fingerprint density at radius 2 is 1.95 bits per heavy atom. The molecule has 0 aliphatic carbocycles. The topological polar surface area (TPSA) is 33.5 Å². The van der Waals surface area contributed by atoms with Crippen LogP contribution in [-0.2, 0) is 6.54 Å². The molecule has 4 heteroatoms. The maximum atomic E-state index is 12.2. The number of hydrogen-bond donors (Lipinski definition) is 0. The normalized spacial score (nSPS) is 10.5. The first kappa shape index (κ1) is 13.7. The van der Waals surface area contributed by atoms with Crippen LogP contribution in [0.3, 0.4) is 0 Å². The Morgan fingerprint density at radius 1 is 1.26 bits per heavy atom. The summed E-state index contributed by atoms with van der Waals surface area (Å²) in [4.78, 5) is 15.1. The van der Waals surface area contributed by atoms with Crippen LogP contribution in [0, 0.1) is 6.92 Å².